The smallest absolute Gasteiger partial charge is 0.280 e. The summed E-state index contributed by atoms with van der Waals surface area (Å²) in [5.74, 6) is 1.52. The third-order valence-electron chi connectivity index (χ3n) is 3.70. The van der Waals surface area contributed by atoms with E-state index < -0.39 is 0 Å². The molecule has 0 aliphatic heterocycles. The van der Waals surface area contributed by atoms with E-state index in [0.717, 1.165) is 26.6 Å². The molecule has 0 saturated heterocycles. The Hall–Kier alpha value is -2.05. The van der Waals surface area contributed by atoms with E-state index in [1.54, 1.807) is 11.8 Å². The van der Waals surface area contributed by atoms with Crippen molar-refractivity contribution in [3.63, 3.8) is 0 Å². The molecule has 2 aromatic carbocycles. The van der Waals surface area contributed by atoms with Crippen LogP contribution in [0.1, 0.15) is 24.2 Å². The van der Waals surface area contributed by atoms with E-state index in [4.69, 9.17) is 4.74 Å². The van der Waals surface area contributed by atoms with Gasteiger partial charge in [-0.05, 0) is 36.9 Å². The second-order valence-corrected chi connectivity index (χ2v) is 7.64. The van der Waals surface area contributed by atoms with Gasteiger partial charge in [-0.3, -0.25) is 4.79 Å². The topological polar surface area (TPSA) is 43.6 Å². The molecule has 0 radical (unpaired) electrons. The summed E-state index contributed by atoms with van der Waals surface area (Å²) in [6.45, 7) is 4.63. The fourth-order valence-corrected chi connectivity index (χ4v) is 4.45. The Morgan fingerprint density at radius 2 is 2.00 bits per heavy atom. The van der Waals surface area contributed by atoms with Crippen LogP contribution < -0.4 is 9.54 Å². The van der Waals surface area contributed by atoms with Gasteiger partial charge in [0.05, 0.1) is 16.9 Å². The summed E-state index contributed by atoms with van der Waals surface area (Å²) in [6, 6.07) is 13.5. The van der Waals surface area contributed by atoms with Crippen LogP contribution in [0.15, 0.2) is 52.4 Å². The number of hydrogen-bond acceptors (Lipinski definition) is 4. The van der Waals surface area contributed by atoms with Gasteiger partial charge in [-0.1, -0.05) is 36.5 Å². The van der Waals surface area contributed by atoms with Gasteiger partial charge >= 0.3 is 0 Å². The molecule has 0 fully saturated rings. The summed E-state index contributed by atoms with van der Waals surface area (Å²) in [5, 5.41) is 0. The van der Waals surface area contributed by atoms with Crippen molar-refractivity contribution in [2.24, 2.45) is 12.0 Å². The van der Waals surface area contributed by atoms with Crippen LogP contribution in [0.4, 0.5) is 0 Å². The zero-order valence-corrected chi connectivity index (χ0v) is 16.1. The molecular formula is C19H20N2O2S2. The molecule has 0 aliphatic carbocycles. The maximum absolute atomic E-state index is 12.7. The Bertz CT molecular complexity index is 973. The minimum atomic E-state index is -0.211. The van der Waals surface area contributed by atoms with Gasteiger partial charge in [0.1, 0.15) is 11.3 Å². The molecule has 1 heterocycles. The molecule has 0 aliphatic rings. The highest BCUT2D eigenvalue weighted by Gasteiger charge is 2.13. The van der Waals surface area contributed by atoms with Gasteiger partial charge in [0, 0.05) is 11.9 Å². The predicted molar refractivity (Wildman–Crippen MR) is 105 cm³/mol. The number of para-hydroxylation sites is 1. The number of benzene rings is 2. The summed E-state index contributed by atoms with van der Waals surface area (Å²) >= 11 is 3.15. The SMILES string of the molecule is CCOc1cccc2sc(=NC(=O)c3ccccc3SCC)n(C)c12. The Labute approximate surface area is 155 Å². The van der Waals surface area contributed by atoms with Crippen molar-refractivity contribution in [3.05, 3.63) is 52.8 Å². The van der Waals surface area contributed by atoms with Gasteiger partial charge in [0.2, 0.25) is 0 Å². The highest BCUT2D eigenvalue weighted by atomic mass is 32.2. The molecule has 0 bridgehead atoms. The zero-order chi connectivity index (χ0) is 17.8. The van der Waals surface area contributed by atoms with E-state index in [1.807, 2.05) is 61.0 Å². The molecule has 3 rings (SSSR count). The average molecular weight is 373 g/mol. The van der Waals surface area contributed by atoms with E-state index >= 15 is 0 Å². The molecule has 0 atom stereocenters. The number of fused-ring (bicyclic) bond motifs is 1. The van der Waals surface area contributed by atoms with Crippen molar-refractivity contribution >= 4 is 39.2 Å². The lowest BCUT2D eigenvalue weighted by molar-refractivity contribution is 0.0995. The number of thioether (sulfide) groups is 1. The number of aromatic nitrogens is 1. The van der Waals surface area contributed by atoms with Crippen molar-refractivity contribution in [2.75, 3.05) is 12.4 Å². The Morgan fingerprint density at radius 3 is 2.76 bits per heavy atom. The second kappa shape index (κ2) is 7.89. The second-order valence-electron chi connectivity index (χ2n) is 5.33. The maximum Gasteiger partial charge on any atom is 0.280 e. The summed E-state index contributed by atoms with van der Waals surface area (Å²) in [5.41, 5.74) is 1.62. The first kappa shape index (κ1) is 17.8. The van der Waals surface area contributed by atoms with Crippen LogP contribution in [0.2, 0.25) is 0 Å². The normalized spacial score (nSPS) is 11.9. The molecule has 25 heavy (non-hydrogen) atoms. The van der Waals surface area contributed by atoms with E-state index in [2.05, 4.69) is 11.9 Å². The molecule has 130 valence electrons. The largest absolute Gasteiger partial charge is 0.492 e. The first-order chi connectivity index (χ1) is 12.2. The van der Waals surface area contributed by atoms with Crippen molar-refractivity contribution in [1.29, 1.82) is 0 Å². The standard InChI is InChI=1S/C19H20N2O2S2/c1-4-23-14-10-8-12-16-17(14)21(3)19(25-16)20-18(22)13-9-6-7-11-15(13)24-5-2/h6-12H,4-5H2,1-3H3. The number of hydrogen-bond donors (Lipinski definition) is 0. The Balaban J connectivity index is 2.09. The minimum absolute atomic E-state index is 0.211. The minimum Gasteiger partial charge on any atom is -0.492 e. The van der Waals surface area contributed by atoms with Crippen LogP contribution in [-0.2, 0) is 7.05 Å². The van der Waals surface area contributed by atoms with Gasteiger partial charge < -0.3 is 9.30 Å². The highest BCUT2D eigenvalue weighted by molar-refractivity contribution is 7.99. The van der Waals surface area contributed by atoms with Gasteiger partial charge in [0.25, 0.3) is 5.91 Å². The molecule has 4 nitrogen and oxygen atoms in total. The Morgan fingerprint density at radius 1 is 1.20 bits per heavy atom. The first-order valence-electron chi connectivity index (χ1n) is 8.18. The fraction of sp³-hybridized carbons (Fsp3) is 0.263. The summed E-state index contributed by atoms with van der Waals surface area (Å²) in [6.07, 6.45) is 0. The average Bonchev–Trinajstić information content (AvgIpc) is 2.93. The number of nitrogens with zero attached hydrogens (tertiary/aromatic N) is 2. The van der Waals surface area contributed by atoms with E-state index in [9.17, 15) is 4.79 Å². The number of rotatable bonds is 5. The molecule has 1 aromatic heterocycles. The summed E-state index contributed by atoms with van der Waals surface area (Å²) in [7, 11) is 1.92. The van der Waals surface area contributed by atoms with Gasteiger partial charge in [-0.15, -0.1) is 11.8 Å². The molecule has 0 spiro atoms. The molecule has 6 heteroatoms. The number of carbonyl (C=O) groups excluding carboxylic acids is 1. The predicted octanol–water partition coefficient (Wildman–Crippen LogP) is 4.49. The quantitative estimate of drug-likeness (QED) is 0.620. The van der Waals surface area contributed by atoms with Crippen molar-refractivity contribution in [1.82, 2.24) is 4.57 Å². The monoisotopic (exact) mass is 372 g/mol. The number of amides is 1. The third-order valence-corrected chi connectivity index (χ3v) is 5.75. The number of aryl methyl sites for hydroxylation is 1. The zero-order valence-electron chi connectivity index (χ0n) is 14.5. The van der Waals surface area contributed by atoms with Crippen LogP contribution >= 0.6 is 23.1 Å². The molecular weight excluding hydrogens is 352 g/mol. The summed E-state index contributed by atoms with van der Waals surface area (Å²) < 4.78 is 8.69. The number of ether oxygens (including phenoxy) is 1. The fourth-order valence-electron chi connectivity index (χ4n) is 2.62. The number of thiazole rings is 1. The van der Waals surface area contributed by atoms with Crippen LogP contribution in [0.5, 0.6) is 5.75 Å². The van der Waals surface area contributed by atoms with E-state index in [1.165, 1.54) is 11.3 Å². The number of carbonyl (C=O) groups is 1. The van der Waals surface area contributed by atoms with Gasteiger partial charge in [-0.25, -0.2) is 0 Å². The van der Waals surface area contributed by atoms with Crippen molar-refractivity contribution in [3.8, 4) is 5.75 Å². The van der Waals surface area contributed by atoms with Crippen LogP contribution in [0.3, 0.4) is 0 Å². The van der Waals surface area contributed by atoms with E-state index in [0.29, 0.717) is 17.0 Å². The molecule has 0 unspecified atom stereocenters. The molecule has 0 saturated carbocycles. The maximum atomic E-state index is 12.7. The summed E-state index contributed by atoms with van der Waals surface area (Å²) in [4.78, 5) is 18.8. The third kappa shape index (κ3) is 3.65. The van der Waals surface area contributed by atoms with Crippen LogP contribution in [0.25, 0.3) is 10.2 Å². The lowest BCUT2D eigenvalue weighted by atomic mass is 10.2. The highest BCUT2D eigenvalue weighted by Crippen LogP contribution is 2.27. The van der Waals surface area contributed by atoms with Gasteiger partial charge in [0.15, 0.2) is 4.80 Å². The van der Waals surface area contributed by atoms with Crippen molar-refractivity contribution < 1.29 is 9.53 Å². The van der Waals surface area contributed by atoms with E-state index in [-0.39, 0.29) is 5.91 Å². The molecule has 0 N–H and O–H groups in total. The van der Waals surface area contributed by atoms with Crippen molar-refractivity contribution in [2.45, 2.75) is 18.7 Å². The molecule has 1 amide bonds. The first-order valence-corrected chi connectivity index (χ1v) is 9.98. The lowest BCUT2D eigenvalue weighted by Crippen LogP contribution is -2.14. The lowest BCUT2D eigenvalue weighted by Gasteiger charge is -2.06. The molecule has 3 aromatic rings. The Kier molecular flexibility index (Phi) is 5.60. The van der Waals surface area contributed by atoms with Crippen LogP contribution in [-0.4, -0.2) is 22.8 Å². The van der Waals surface area contributed by atoms with Gasteiger partial charge in [-0.2, -0.15) is 4.99 Å². The van der Waals surface area contributed by atoms with Crippen LogP contribution in [0, 0.1) is 0 Å².